The summed E-state index contributed by atoms with van der Waals surface area (Å²) in [5, 5.41) is 3.39. The van der Waals surface area contributed by atoms with E-state index in [2.05, 4.69) is 12.2 Å². The number of halogens is 1. The quantitative estimate of drug-likeness (QED) is 0.548. The van der Waals surface area contributed by atoms with Crippen LogP contribution in [-0.4, -0.2) is 27.0 Å². The molecule has 3 aromatic carbocycles. The molecule has 0 bridgehead atoms. The number of hydrogen-bond acceptors (Lipinski definition) is 4. The predicted octanol–water partition coefficient (Wildman–Crippen LogP) is 4.74. The first-order valence-corrected chi connectivity index (χ1v) is 12.5. The Morgan fingerprint density at radius 3 is 2.42 bits per heavy atom. The summed E-state index contributed by atoms with van der Waals surface area (Å²) in [6.07, 6.45) is -0.0618. The topological polar surface area (TPSA) is 75.7 Å². The summed E-state index contributed by atoms with van der Waals surface area (Å²) in [5.41, 5.74) is 2.56. The Morgan fingerprint density at radius 2 is 1.76 bits per heavy atom. The van der Waals surface area contributed by atoms with Gasteiger partial charge in [-0.3, -0.25) is 9.10 Å². The number of rotatable bonds is 6. The van der Waals surface area contributed by atoms with E-state index in [1.165, 1.54) is 34.1 Å². The Bertz CT molecular complexity index is 1240. The molecule has 8 heteroatoms. The summed E-state index contributed by atoms with van der Waals surface area (Å²) in [5.74, 6) is -0.0470. The molecule has 0 spiro atoms. The lowest BCUT2D eigenvalue weighted by Crippen LogP contribution is -2.51. The second-order valence-electron chi connectivity index (χ2n) is 7.89. The van der Waals surface area contributed by atoms with Crippen LogP contribution < -0.4 is 14.4 Å². The Kier molecular flexibility index (Phi) is 6.63. The van der Waals surface area contributed by atoms with Gasteiger partial charge in [0.2, 0.25) is 0 Å². The number of ether oxygens (including phenoxy) is 1. The van der Waals surface area contributed by atoms with Crippen molar-refractivity contribution in [3.8, 4) is 5.75 Å². The third-order valence-corrected chi connectivity index (χ3v) is 7.72. The van der Waals surface area contributed by atoms with Crippen LogP contribution in [0, 0.1) is 0 Å². The number of amides is 1. The number of nitrogens with one attached hydrogen (secondary N) is 1. The average molecular weight is 485 g/mol. The molecule has 33 heavy (non-hydrogen) atoms. The molecule has 0 fully saturated rings. The number of para-hydroxylation sites is 2. The van der Waals surface area contributed by atoms with Gasteiger partial charge in [-0.05, 0) is 60.9 Å². The normalized spacial score (nSPS) is 16.5. The van der Waals surface area contributed by atoms with Gasteiger partial charge in [-0.2, -0.15) is 0 Å². The molecule has 4 rings (SSSR count). The fraction of sp³-hybridized carbons (Fsp3) is 0.240. The molecule has 1 aliphatic heterocycles. The molecule has 1 aliphatic rings. The van der Waals surface area contributed by atoms with Crippen molar-refractivity contribution in [1.82, 2.24) is 5.32 Å². The zero-order chi connectivity index (χ0) is 23.6. The van der Waals surface area contributed by atoms with E-state index in [4.69, 9.17) is 16.3 Å². The Labute approximate surface area is 199 Å². The second kappa shape index (κ2) is 9.45. The van der Waals surface area contributed by atoms with Crippen molar-refractivity contribution in [2.24, 2.45) is 0 Å². The fourth-order valence-corrected chi connectivity index (χ4v) is 5.33. The summed E-state index contributed by atoms with van der Waals surface area (Å²) in [6, 6.07) is 20.5. The van der Waals surface area contributed by atoms with Gasteiger partial charge in [0.1, 0.15) is 5.75 Å². The molecule has 1 N–H and O–H groups in total. The summed E-state index contributed by atoms with van der Waals surface area (Å²) in [7, 11) is -3.93. The minimum atomic E-state index is -3.93. The molecular weight excluding hydrogens is 460 g/mol. The maximum atomic E-state index is 13.4. The van der Waals surface area contributed by atoms with E-state index in [1.807, 2.05) is 31.2 Å². The molecule has 0 unspecified atom stereocenters. The summed E-state index contributed by atoms with van der Waals surface area (Å²) in [6.45, 7) is 3.83. The molecule has 0 radical (unpaired) electrons. The van der Waals surface area contributed by atoms with E-state index < -0.39 is 16.1 Å². The van der Waals surface area contributed by atoms with Gasteiger partial charge in [-0.15, -0.1) is 0 Å². The maximum Gasteiger partial charge on any atom is 0.264 e. The molecule has 1 amide bonds. The molecule has 0 saturated carbocycles. The minimum Gasteiger partial charge on any atom is -0.476 e. The number of fused-ring (bicyclic) bond motifs is 1. The smallest absolute Gasteiger partial charge is 0.264 e. The van der Waals surface area contributed by atoms with E-state index in [9.17, 15) is 13.2 Å². The SMILES string of the molecule is CCc1ccc([C@@H](C)NC(=O)[C@@H]2CN(S(=O)(=O)c3ccc(Cl)cc3)c3ccccc3O2)cc1. The largest absolute Gasteiger partial charge is 0.476 e. The number of benzene rings is 3. The minimum absolute atomic E-state index is 0.0899. The highest BCUT2D eigenvalue weighted by molar-refractivity contribution is 7.92. The van der Waals surface area contributed by atoms with E-state index in [-0.39, 0.29) is 23.4 Å². The van der Waals surface area contributed by atoms with Crippen LogP contribution >= 0.6 is 11.6 Å². The average Bonchev–Trinajstić information content (AvgIpc) is 2.83. The van der Waals surface area contributed by atoms with Crippen LogP contribution in [0.15, 0.2) is 77.7 Å². The molecule has 3 aromatic rings. The number of anilines is 1. The van der Waals surface area contributed by atoms with Crippen LogP contribution in [0.3, 0.4) is 0 Å². The number of nitrogens with zero attached hydrogens (tertiary/aromatic N) is 1. The van der Waals surface area contributed by atoms with Crippen LogP contribution in [0.1, 0.15) is 31.0 Å². The van der Waals surface area contributed by atoms with E-state index in [0.29, 0.717) is 16.5 Å². The molecule has 0 aromatic heterocycles. The van der Waals surface area contributed by atoms with Gasteiger partial charge in [-0.1, -0.05) is 54.9 Å². The number of carbonyl (C=O) groups is 1. The van der Waals surface area contributed by atoms with Crippen molar-refractivity contribution in [2.45, 2.75) is 37.3 Å². The van der Waals surface area contributed by atoms with Crippen molar-refractivity contribution in [3.05, 3.63) is 88.9 Å². The number of aryl methyl sites for hydroxylation is 1. The summed E-state index contributed by atoms with van der Waals surface area (Å²) >= 11 is 5.93. The summed E-state index contributed by atoms with van der Waals surface area (Å²) in [4.78, 5) is 13.2. The number of carbonyl (C=O) groups excluding carboxylic acids is 1. The summed E-state index contributed by atoms with van der Waals surface area (Å²) < 4.78 is 34.0. The van der Waals surface area contributed by atoms with E-state index >= 15 is 0 Å². The van der Waals surface area contributed by atoms with Crippen LogP contribution in [0.25, 0.3) is 0 Å². The van der Waals surface area contributed by atoms with Gasteiger partial charge in [0.15, 0.2) is 6.10 Å². The third kappa shape index (κ3) is 4.84. The molecule has 0 aliphatic carbocycles. The van der Waals surface area contributed by atoms with Crippen molar-refractivity contribution < 1.29 is 17.9 Å². The van der Waals surface area contributed by atoms with E-state index in [0.717, 1.165) is 12.0 Å². The predicted molar refractivity (Wildman–Crippen MR) is 129 cm³/mol. The van der Waals surface area contributed by atoms with Crippen molar-refractivity contribution in [1.29, 1.82) is 0 Å². The fourth-order valence-electron chi connectivity index (χ4n) is 3.73. The zero-order valence-corrected chi connectivity index (χ0v) is 19.9. The third-order valence-electron chi connectivity index (χ3n) is 5.68. The molecule has 172 valence electrons. The van der Waals surface area contributed by atoms with Gasteiger partial charge >= 0.3 is 0 Å². The maximum absolute atomic E-state index is 13.4. The second-order valence-corrected chi connectivity index (χ2v) is 10.2. The zero-order valence-electron chi connectivity index (χ0n) is 18.4. The van der Waals surface area contributed by atoms with Crippen molar-refractivity contribution in [2.75, 3.05) is 10.8 Å². The number of hydrogen-bond donors (Lipinski definition) is 1. The van der Waals surface area contributed by atoms with Gasteiger partial charge in [0.05, 0.1) is 23.2 Å². The Balaban J connectivity index is 1.59. The first kappa shape index (κ1) is 23.1. The Hall–Kier alpha value is -3.03. The monoisotopic (exact) mass is 484 g/mol. The first-order chi connectivity index (χ1) is 15.8. The molecular formula is C25H25ClN2O4S. The van der Waals surface area contributed by atoms with Gasteiger partial charge in [0, 0.05) is 5.02 Å². The highest BCUT2D eigenvalue weighted by Crippen LogP contribution is 2.37. The molecule has 1 heterocycles. The van der Waals surface area contributed by atoms with E-state index in [1.54, 1.807) is 24.3 Å². The lowest BCUT2D eigenvalue weighted by Gasteiger charge is -2.35. The molecule has 2 atom stereocenters. The van der Waals surface area contributed by atoms with Gasteiger partial charge < -0.3 is 10.1 Å². The highest BCUT2D eigenvalue weighted by Gasteiger charge is 2.37. The van der Waals surface area contributed by atoms with Crippen molar-refractivity contribution in [3.63, 3.8) is 0 Å². The van der Waals surface area contributed by atoms with Crippen LogP contribution in [0.2, 0.25) is 5.02 Å². The highest BCUT2D eigenvalue weighted by atomic mass is 35.5. The number of sulfonamides is 1. The standard InChI is InChI=1S/C25H25ClN2O4S/c1-3-18-8-10-19(11-9-18)17(2)27-25(29)24-16-28(22-6-4-5-7-23(22)32-24)33(30,31)21-14-12-20(26)13-15-21/h4-15,17,24H,3,16H2,1-2H3,(H,27,29)/t17-,24+/m1/s1. The van der Waals surface area contributed by atoms with Crippen LogP contribution in [-0.2, 0) is 21.2 Å². The van der Waals surface area contributed by atoms with Crippen LogP contribution in [0.4, 0.5) is 5.69 Å². The lowest BCUT2D eigenvalue weighted by molar-refractivity contribution is -0.128. The van der Waals surface area contributed by atoms with Gasteiger partial charge in [0.25, 0.3) is 15.9 Å². The first-order valence-electron chi connectivity index (χ1n) is 10.7. The molecule has 6 nitrogen and oxygen atoms in total. The van der Waals surface area contributed by atoms with Crippen molar-refractivity contribution >= 4 is 33.2 Å². The molecule has 0 saturated heterocycles. The lowest BCUT2D eigenvalue weighted by atomic mass is 10.0. The van der Waals surface area contributed by atoms with Gasteiger partial charge in [-0.25, -0.2) is 8.42 Å². The van der Waals surface area contributed by atoms with Crippen LogP contribution in [0.5, 0.6) is 5.75 Å². The Morgan fingerprint density at radius 1 is 1.09 bits per heavy atom.